The summed E-state index contributed by atoms with van der Waals surface area (Å²) in [5.74, 6) is -3.53. The molecule has 0 amide bonds. The van der Waals surface area contributed by atoms with E-state index in [2.05, 4.69) is 24.6 Å². The van der Waals surface area contributed by atoms with Gasteiger partial charge in [-0.3, -0.25) is 19.2 Å². The highest BCUT2D eigenvalue weighted by Gasteiger charge is 2.27. The quantitative estimate of drug-likeness (QED) is 0.208. The number of rotatable bonds is 11. The van der Waals surface area contributed by atoms with Crippen molar-refractivity contribution >= 4 is 44.5 Å². The number of likely N-dealkylation sites (N-methyl/N-ethyl adjacent to an activating group) is 1. The van der Waals surface area contributed by atoms with Gasteiger partial charge in [-0.05, 0) is 50.2 Å². The van der Waals surface area contributed by atoms with Crippen molar-refractivity contribution in [1.82, 2.24) is 24.2 Å². The zero-order valence-corrected chi connectivity index (χ0v) is 25.7. The number of aromatic nitrogens is 3. The number of carboxylic acids is 1. The van der Waals surface area contributed by atoms with Gasteiger partial charge in [0.05, 0.1) is 17.8 Å². The number of hydrogen-bond acceptors (Lipinski definition) is 8. The summed E-state index contributed by atoms with van der Waals surface area (Å²) in [6, 6.07) is 7.35. The number of fused-ring (bicyclic) bond motifs is 1. The molecule has 0 radical (unpaired) electrons. The molecule has 4 aromatic rings. The lowest BCUT2D eigenvalue weighted by atomic mass is 10.00. The van der Waals surface area contributed by atoms with Gasteiger partial charge in [-0.25, -0.2) is 18.7 Å². The van der Waals surface area contributed by atoms with Crippen LogP contribution in [0.15, 0.2) is 48.9 Å². The van der Waals surface area contributed by atoms with Gasteiger partial charge in [0.15, 0.2) is 5.82 Å². The fourth-order valence-electron chi connectivity index (χ4n) is 5.33. The molecule has 1 fully saturated rings. The standard InChI is InChI=1S/C30H33F2N7O5S/c1-4-38(3)45(43,44)36-24-7-6-23(31)27(28(24)32)29(42)22-16-35-30-21(22)13-19(15-34-30)18-5-8-25(33-14-18)39-11-9-20(10-12-39)37(2)17-26(40)41/h5-8,13-16,20,36H,4,9-12,17H2,1-3H3,(H,34,35)(H,40,41). The molecule has 3 N–H and O–H groups in total. The van der Waals surface area contributed by atoms with Gasteiger partial charge < -0.3 is 15.0 Å². The Bertz CT molecular complexity index is 1840. The maximum atomic E-state index is 15.4. The number of anilines is 2. The number of pyridine rings is 2. The van der Waals surface area contributed by atoms with Crippen LogP contribution in [0, 0.1) is 11.6 Å². The van der Waals surface area contributed by atoms with Crippen LogP contribution in [0.2, 0.25) is 0 Å². The highest BCUT2D eigenvalue weighted by Crippen LogP contribution is 2.30. The molecule has 45 heavy (non-hydrogen) atoms. The molecular formula is C30H33F2N7O5S. The molecule has 12 nitrogen and oxygen atoms in total. The van der Waals surface area contributed by atoms with E-state index in [-0.39, 0.29) is 24.7 Å². The molecule has 1 saturated heterocycles. The number of carboxylic acid groups (broad SMARTS) is 1. The van der Waals surface area contributed by atoms with Crippen molar-refractivity contribution in [3.8, 4) is 11.1 Å². The number of aromatic amines is 1. The van der Waals surface area contributed by atoms with E-state index in [1.54, 1.807) is 25.4 Å². The lowest BCUT2D eigenvalue weighted by molar-refractivity contribution is -0.138. The first kappa shape index (κ1) is 31.9. The molecular weight excluding hydrogens is 608 g/mol. The molecule has 0 spiro atoms. The zero-order valence-electron chi connectivity index (χ0n) is 24.9. The average molecular weight is 642 g/mol. The lowest BCUT2D eigenvalue weighted by Crippen LogP contribution is -2.45. The number of hydrogen-bond donors (Lipinski definition) is 3. The first-order valence-corrected chi connectivity index (χ1v) is 15.7. The Labute approximate surface area is 258 Å². The number of ketones is 1. The lowest BCUT2D eigenvalue weighted by Gasteiger charge is -2.36. The SMILES string of the molecule is CCN(C)S(=O)(=O)Nc1ccc(F)c(C(=O)c2c[nH]c3ncc(-c4ccc(N5CCC(N(C)CC(=O)O)CC5)nc4)cc23)c1F. The molecule has 0 bridgehead atoms. The van der Waals surface area contributed by atoms with Gasteiger partial charge in [0.1, 0.15) is 17.3 Å². The predicted octanol–water partition coefficient (Wildman–Crippen LogP) is 3.73. The van der Waals surface area contributed by atoms with Gasteiger partial charge >= 0.3 is 16.2 Å². The molecule has 0 unspecified atom stereocenters. The van der Waals surface area contributed by atoms with E-state index in [1.165, 1.54) is 13.2 Å². The average Bonchev–Trinajstić information content (AvgIpc) is 3.45. The maximum Gasteiger partial charge on any atom is 0.317 e. The van der Waals surface area contributed by atoms with E-state index < -0.39 is 44.8 Å². The number of benzene rings is 1. The van der Waals surface area contributed by atoms with Crippen molar-refractivity contribution in [2.45, 2.75) is 25.8 Å². The summed E-state index contributed by atoms with van der Waals surface area (Å²) in [5.41, 5.74) is 0.158. The van der Waals surface area contributed by atoms with Crippen LogP contribution in [0.4, 0.5) is 20.3 Å². The Hall–Kier alpha value is -4.47. The largest absolute Gasteiger partial charge is 0.480 e. The topological polar surface area (TPSA) is 152 Å². The highest BCUT2D eigenvalue weighted by atomic mass is 32.2. The van der Waals surface area contributed by atoms with Crippen molar-refractivity contribution in [2.24, 2.45) is 0 Å². The van der Waals surface area contributed by atoms with Crippen LogP contribution in [0.1, 0.15) is 35.7 Å². The molecule has 0 saturated carbocycles. The molecule has 1 aliphatic rings. The van der Waals surface area contributed by atoms with E-state index in [9.17, 15) is 22.4 Å². The van der Waals surface area contributed by atoms with Crippen molar-refractivity contribution in [3.63, 3.8) is 0 Å². The molecule has 1 aromatic carbocycles. The minimum atomic E-state index is -4.12. The number of carbonyl (C=O) groups excluding carboxylic acids is 1. The van der Waals surface area contributed by atoms with Crippen molar-refractivity contribution in [2.75, 3.05) is 49.9 Å². The molecule has 3 aromatic heterocycles. The summed E-state index contributed by atoms with van der Waals surface area (Å²) in [6.07, 6.45) is 6.20. The summed E-state index contributed by atoms with van der Waals surface area (Å²) in [7, 11) is -1.01. The van der Waals surface area contributed by atoms with E-state index in [1.807, 2.05) is 24.1 Å². The first-order valence-electron chi connectivity index (χ1n) is 14.3. The van der Waals surface area contributed by atoms with Crippen LogP contribution < -0.4 is 9.62 Å². The Morgan fingerprint density at radius 1 is 1.09 bits per heavy atom. The second-order valence-electron chi connectivity index (χ2n) is 10.9. The third kappa shape index (κ3) is 6.65. The van der Waals surface area contributed by atoms with Gasteiger partial charge in [0.25, 0.3) is 0 Å². The minimum absolute atomic E-state index is 0.000881. The summed E-state index contributed by atoms with van der Waals surface area (Å²) >= 11 is 0. The Kier molecular flexibility index (Phi) is 9.13. The van der Waals surface area contributed by atoms with Crippen LogP contribution in [-0.4, -0.2) is 95.8 Å². The third-order valence-electron chi connectivity index (χ3n) is 8.07. The molecule has 0 atom stereocenters. The smallest absolute Gasteiger partial charge is 0.317 e. The summed E-state index contributed by atoms with van der Waals surface area (Å²) in [6.45, 7) is 3.16. The number of nitrogens with zero attached hydrogens (tertiary/aromatic N) is 5. The van der Waals surface area contributed by atoms with Crippen LogP contribution in [-0.2, 0) is 15.0 Å². The number of piperidine rings is 1. The minimum Gasteiger partial charge on any atom is -0.480 e. The monoisotopic (exact) mass is 641 g/mol. The van der Waals surface area contributed by atoms with Gasteiger partial charge in [-0.2, -0.15) is 12.7 Å². The number of halogens is 2. The van der Waals surface area contributed by atoms with Crippen molar-refractivity contribution < 1.29 is 31.9 Å². The molecule has 1 aliphatic heterocycles. The number of nitrogens with one attached hydrogen (secondary N) is 2. The maximum absolute atomic E-state index is 15.4. The Morgan fingerprint density at radius 3 is 2.44 bits per heavy atom. The summed E-state index contributed by atoms with van der Waals surface area (Å²) < 4.78 is 58.2. The normalized spacial score (nSPS) is 14.4. The molecule has 4 heterocycles. The van der Waals surface area contributed by atoms with Crippen molar-refractivity contribution in [3.05, 3.63) is 71.7 Å². The predicted molar refractivity (Wildman–Crippen MR) is 165 cm³/mol. The second kappa shape index (κ2) is 12.9. The van der Waals surface area contributed by atoms with Crippen LogP contribution in [0.25, 0.3) is 22.2 Å². The molecule has 0 aliphatic carbocycles. The third-order valence-corrected chi connectivity index (χ3v) is 9.62. The Morgan fingerprint density at radius 2 is 1.80 bits per heavy atom. The van der Waals surface area contributed by atoms with E-state index in [0.29, 0.717) is 22.2 Å². The van der Waals surface area contributed by atoms with Crippen LogP contribution in [0.5, 0.6) is 0 Å². The Balaban J connectivity index is 1.37. The van der Waals surface area contributed by atoms with E-state index in [0.717, 1.165) is 48.2 Å². The van der Waals surface area contributed by atoms with E-state index >= 15 is 4.39 Å². The summed E-state index contributed by atoms with van der Waals surface area (Å²) in [5, 5.41) is 9.38. The van der Waals surface area contributed by atoms with Crippen LogP contribution >= 0.6 is 0 Å². The second-order valence-corrected chi connectivity index (χ2v) is 12.7. The number of aliphatic carboxylic acids is 1. The molecule has 238 valence electrons. The van der Waals surface area contributed by atoms with Crippen LogP contribution in [0.3, 0.4) is 0 Å². The van der Waals surface area contributed by atoms with Gasteiger partial charge in [-0.15, -0.1) is 0 Å². The van der Waals surface area contributed by atoms with Gasteiger partial charge in [0.2, 0.25) is 5.78 Å². The highest BCUT2D eigenvalue weighted by molar-refractivity contribution is 7.90. The van der Waals surface area contributed by atoms with E-state index in [4.69, 9.17) is 5.11 Å². The molecule has 15 heteroatoms. The fraction of sp³-hybridized carbons (Fsp3) is 0.333. The summed E-state index contributed by atoms with van der Waals surface area (Å²) in [4.78, 5) is 40.3. The number of H-pyrrole nitrogens is 1. The first-order chi connectivity index (χ1) is 21.4. The number of carbonyl (C=O) groups is 2. The van der Waals surface area contributed by atoms with Gasteiger partial charge in [-0.1, -0.05) is 6.92 Å². The fourth-order valence-corrected chi connectivity index (χ4v) is 6.26. The zero-order chi connectivity index (χ0) is 32.5. The molecule has 5 rings (SSSR count). The van der Waals surface area contributed by atoms with Gasteiger partial charge in [0, 0.05) is 73.4 Å². The van der Waals surface area contributed by atoms with Crippen molar-refractivity contribution in [1.29, 1.82) is 0 Å².